The Balaban J connectivity index is 2.72. The van der Waals surface area contributed by atoms with E-state index < -0.39 is 24.5 Å². The number of allylic oxidation sites excluding steroid dienone is 9. The molecular weight excluding hydrogens is 354 g/mol. The number of carbonyl (C=O) groups excluding carboxylic acids is 1. The second-order valence-electron chi connectivity index (χ2n) is 8.00. The van der Waals surface area contributed by atoms with E-state index in [1.165, 1.54) is 30.1 Å². The molecule has 0 aromatic rings. The van der Waals surface area contributed by atoms with E-state index in [9.17, 15) is 9.59 Å². The van der Waals surface area contributed by atoms with Gasteiger partial charge in [0.1, 0.15) is 0 Å². The van der Waals surface area contributed by atoms with E-state index >= 15 is 0 Å². The maximum absolute atomic E-state index is 11.8. The van der Waals surface area contributed by atoms with Gasteiger partial charge in [0, 0.05) is 6.08 Å². The van der Waals surface area contributed by atoms with Crippen molar-refractivity contribution in [3.8, 4) is 0 Å². The Morgan fingerprint density at radius 1 is 1.21 bits per heavy atom. The average molecular weight is 388 g/mol. The smallest absolute Gasteiger partial charge is 0.328 e. The largest absolute Gasteiger partial charge is 0.480 e. The predicted molar refractivity (Wildman–Crippen MR) is 113 cm³/mol. The fraction of sp³-hybridized carbons (Fsp3) is 0.478. The van der Waals surface area contributed by atoms with E-state index in [1.54, 1.807) is 13.0 Å². The van der Waals surface area contributed by atoms with Crippen molar-refractivity contribution < 1.29 is 19.8 Å². The Kier molecular flexibility index (Phi) is 9.13. The molecule has 1 atom stereocenters. The second-order valence-corrected chi connectivity index (χ2v) is 8.00. The van der Waals surface area contributed by atoms with Gasteiger partial charge < -0.3 is 15.5 Å². The highest BCUT2D eigenvalue weighted by Gasteiger charge is 2.26. The molecule has 5 nitrogen and oxygen atoms in total. The van der Waals surface area contributed by atoms with Crippen LogP contribution < -0.4 is 5.32 Å². The number of rotatable bonds is 8. The molecule has 0 aromatic heterocycles. The number of nitrogens with one attached hydrogen (secondary N) is 1. The lowest BCUT2D eigenvalue weighted by Gasteiger charge is -2.32. The first-order valence-corrected chi connectivity index (χ1v) is 9.62. The Morgan fingerprint density at radius 2 is 1.89 bits per heavy atom. The molecule has 0 heterocycles. The van der Waals surface area contributed by atoms with Gasteiger partial charge in [-0.2, -0.15) is 0 Å². The Bertz CT molecular complexity index is 736. The van der Waals surface area contributed by atoms with Crippen molar-refractivity contribution in [2.75, 3.05) is 6.61 Å². The van der Waals surface area contributed by atoms with E-state index in [-0.39, 0.29) is 5.41 Å². The van der Waals surface area contributed by atoms with E-state index in [4.69, 9.17) is 10.2 Å². The van der Waals surface area contributed by atoms with E-state index in [0.717, 1.165) is 12.0 Å². The van der Waals surface area contributed by atoms with E-state index in [0.29, 0.717) is 5.57 Å². The van der Waals surface area contributed by atoms with Crippen molar-refractivity contribution in [1.29, 1.82) is 0 Å². The molecule has 154 valence electrons. The van der Waals surface area contributed by atoms with Crippen LogP contribution in [0.3, 0.4) is 0 Å². The molecule has 1 aliphatic rings. The number of aliphatic hydroxyl groups excluding tert-OH is 1. The third-order valence-corrected chi connectivity index (χ3v) is 4.93. The van der Waals surface area contributed by atoms with Gasteiger partial charge in [0.15, 0.2) is 6.04 Å². The molecule has 0 bridgehead atoms. The fourth-order valence-corrected chi connectivity index (χ4v) is 3.29. The minimum atomic E-state index is -1.30. The van der Waals surface area contributed by atoms with Crippen molar-refractivity contribution in [2.45, 2.75) is 59.9 Å². The van der Waals surface area contributed by atoms with Crippen LogP contribution in [0.25, 0.3) is 0 Å². The third-order valence-electron chi connectivity index (χ3n) is 4.93. The van der Waals surface area contributed by atoms with Crippen LogP contribution in [0, 0.1) is 5.41 Å². The minimum absolute atomic E-state index is 0.212. The quantitative estimate of drug-likeness (QED) is 0.433. The van der Waals surface area contributed by atoms with Crippen LogP contribution in [-0.4, -0.2) is 34.7 Å². The maximum Gasteiger partial charge on any atom is 0.328 e. The van der Waals surface area contributed by atoms with Gasteiger partial charge in [-0.05, 0) is 56.6 Å². The van der Waals surface area contributed by atoms with Crippen LogP contribution in [0.15, 0.2) is 58.7 Å². The lowest BCUT2D eigenvalue weighted by Crippen LogP contribution is -2.42. The molecule has 1 amide bonds. The van der Waals surface area contributed by atoms with Gasteiger partial charge in [0.05, 0.1) is 6.61 Å². The summed E-state index contributed by atoms with van der Waals surface area (Å²) in [5.74, 6) is -1.82. The Hall–Kier alpha value is -2.40. The standard InChI is InChI=1S/C23H33NO4/c1-16(11-12-19-18(3)10-7-13-23(19,4)5)8-6-9-17(2)14-21(26)24-20(15-25)22(27)28/h6,8-9,11-12,14,20,25H,7,10,13,15H2,1-5H3,(H,24,26)(H,27,28)/t20-/m0/s1. The number of hydrogen-bond donors (Lipinski definition) is 3. The number of amides is 1. The van der Waals surface area contributed by atoms with Crippen molar-refractivity contribution in [1.82, 2.24) is 5.32 Å². The number of aliphatic carboxylic acids is 1. The van der Waals surface area contributed by atoms with Crippen molar-refractivity contribution in [3.05, 3.63) is 58.7 Å². The summed E-state index contributed by atoms with van der Waals surface area (Å²) >= 11 is 0. The topological polar surface area (TPSA) is 86.6 Å². The number of carboxylic acid groups (broad SMARTS) is 1. The van der Waals surface area contributed by atoms with Gasteiger partial charge in [0.25, 0.3) is 0 Å². The van der Waals surface area contributed by atoms with Crippen LogP contribution in [0.4, 0.5) is 0 Å². The molecule has 0 saturated carbocycles. The molecule has 0 aliphatic heterocycles. The summed E-state index contributed by atoms with van der Waals surface area (Å²) in [6.07, 6.45) is 14.8. The summed E-state index contributed by atoms with van der Waals surface area (Å²) in [7, 11) is 0. The molecule has 1 aliphatic carbocycles. The molecule has 1 rings (SSSR count). The normalized spacial score (nSPS) is 19.4. The fourth-order valence-electron chi connectivity index (χ4n) is 3.29. The van der Waals surface area contributed by atoms with Crippen LogP contribution in [0.1, 0.15) is 53.9 Å². The van der Waals surface area contributed by atoms with E-state index in [2.05, 4.69) is 38.2 Å². The number of carboxylic acids is 1. The van der Waals surface area contributed by atoms with Gasteiger partial charge in [-0.3, -0.25) is 4.79 Å². The second kappa shape index (κ2) is 10.8. The third kappa shape index (κ3) is 7.69. The summed E-state index contributed by atoms with van der Waals surface area (Å²) in [6, 6.07) is -1.30. The van der Waals surface area contributed by atoms with Gasteiger partial charge in [-0.25, -0.2) is 4.79 Å². The molecule has 0 spiro atoms. The zero-order chi connectivity index (χ0) is 21.3. The lowest BCUT2D eigenvalue weighted by atomic mass is 9.72. The van der Waals surface area contributed by atoms with Crippen molar-refractivity contribution in [3.63, 3.8) is 0 Å². The first kappa shape index (κ1) is 23.6. The van der Waals surface area contributed by atoms with Crippen molar-refractivity contribution in [2.24, 2.45) is 5.41 Å². The first-order valence-electron chi connectivity index (χ1n) is 9.62. The average Bonchev–Trinajstić information content (AvgIpc) is 2.58. The maximum atomic E-state index is 11.8. The number of carbonyl (C=O) groups is 2. The highest BCUT2D eigenvalue weighted by molar-refractivity contribution is 5.92. The van der Waals surface area contributed by atoms with Crippen LogP contribution in [-0.2, 0) is 9.59 Å². The highest BCUT2D eigenvalue weighted by Crippen LogP contribution is 2.40. The number of aliphatic hydroxyl groups is 1. The molecule has 5 heteroatoms. The molecular formula is C23H33NO4. The SMILES string of the molecule is CC(C=CC1=C(C)CCCC1(C)C)=CC=CC(C)=CC(=O)N[C@@H](CO)C(=O)O. The zero-order valence-corrected chi connectivity index (χ0v) is 17.6. The van der Waals surface area contributed by atoms with Gasteiger partial charge in [-0.15, -0.1) is 0 Å². The molecule has 0 fully saturated rings. The summed E-state index contributed by atoms with van der Waals surface area (Å²) in [5.41, 5.74) is 4.87. The Morgan fingerprint density at radius 3 is 2.46 bits per heavy atom. The van der Waals surface area contributed by atoms with Crippen LogP contribution in [0.2, 0.25) is 0 Å². The summed E-state index contributed by atoms with van der Waals surface area (Å²) in [6.45, 7) is 9.92. The Labute approximate surface area is 168 Å². The van der Waals surface area contributed by atoms with E-state index in [1.807, 2.05) is 19.1 Å². The molecule has 0 aromatic carbocycles. The van der Waals surface area contributed by atoms with Gasteiger partial charge in [-0.1, -0.05) is 55.4 Å². The van der Waals surface area contributed by atoms with Crippen LogP contribution in [0.5, 0.6) is 0 Å². The minimum Gasteiger partial charge on any atom is -0.480 e. The molecule has 0 saturated heterocycles. The number of hydrogen-bond acceptors (Lipinski definition) is 3. The molecule has 0 unspecified atom stereocenters. The van der Waals surface area contributed by atoms with Crippen molar-refractivity contribution >= 4 is 11.9 Å². The summed E-state index contributed by atoms with van der Waals surface area (Å²) < 4.78 is 0. The summed E-state index contributed by atoms with van der Waals surface area (Å²) in [5, 5.41) is 20.0. The summed E-state index contributed by atoms with van der Waals surface area (Å²) in [4.78, 5) is 22.6. The zero-order valence-electron chi connectivity index (χ0n) is 17.6. The lowest BCUT2D eigenvalue weighted by molar-refractivity contribution is -0.142. The molecule has 3 N–H and O–H groups in total. The highest BCUT2D eigenvalue weighted by atomic mass is 16.4. The van der Waals surface area contributed by atoms with Crippen LogP contribution >= 0.6 is 0 Å². The predicted octanol–water partition coefficient (Wildman–Crippen LogP) is 4.08. The molecule has 28 heavy (non-hydrogen) atoms. The molecule has 0 radical (unpaired) electrons. The van der Waals surface area contributed by atoms with Gasteiger partial charge >= 0.3 is 5.97 Å². The monoisotopic (exact) mass is 387 g/mol. The first-order chi connectivity index (χ1) is 13.1. The van der Waals surface area contributed by atoms with Gasteiger partial charge in [0.2, 0.25) is 5.91 Å².